The van der Waals surface area contributed by atoms with Crippen LogP contribution in [0.5, 0.6) is 0 Å². The van der Waals surface area contributed by atoms with E-state index in [1.165, 1.54) is 9.21 Å². The number of fused-ring (bicyclic) bond motifs is 3. The number of anilines is 1. The summed E-state index contributed by atoms with van der Waals surface area (Å²) >= 11 is 6.23. The molecule has 0 radical (unpaired) electrons. The fourth-order valence-electron chi connectivity index (χ4n) is 6.77. The molecule has 198 valence electrons. The molecule has 5 rings (SSSR count). The molecule has 4 aliphatic rings. The molecule has 1 N–H and O–H groups in total. The molecule has 1 saturated carbocycles. The number of hydrogen-bond donors (Lipinski definition) is 1. The quantitative estimate of drug-likeness (QED) is 0.619. The summed E-state index contributed by atoms with van der Waals surface area (Å²) in [6.07, 6.45) is 3.97. The van der Waals surface area contributed by atoms with Gasteiger partial charge in [-0.25, -0.2) is 22.4 Å². The molecule has 36 heavy (non-hydrogen) atoms. The number of imide groups is 1. The van der Waals surface area contributed by atoms with Gasteiger partial charge in [0.1, 0.15) is 0 Å². The maximum atomic E-state index is 14.2. The predicted octanol–water partition coefficient (Wildman–Crippen LogP) is 2.69. The third-order valence-corrected chi connectivity index (χ3v) is 10.6. The van der Waals surface area contributed by atoms with Crippen molar-refractivity contribution < 1.29 is 22.7 Å². The molecule has 3 saturated heterocycles. The number of ether oxygens (including phenoxy) is 1. The average Bonchev–Trinajstić information content (AvgIpc) is 2.88. The SMILES string of the molecule is CCS(=O)(=O)N1CCC(N2C(=O)N(c3cccc(Cl)c3)C(=O)C3CNC4C(OC)CCCC4C32)CC1. The number of sulfonamides is 1. The van der Waals surface area contributed by atoms with Gasteiger partial charge in [-0.05, 0) is 56.7 Å². The molecule has 1 aromatic carbocycles. The normalized spacial score (nSPS) is 32.4. The van der Waals surface area contributed by atoms with E-state index < -0.39 is 15.9 Å². The second-order valence-corrected chi connectivity index (χ2v) is 13.0. The Morgan fingerprint density at radius 1 is 1.14 bits per heavy atom. The van der Waals surface area contributed by atoms with Crippen LogP contribution >= 0.6 is 11.6 Å². The molecule has 1 aliphatic carbocycles. The fraction of sp³-hybridized carbons (Fsp3) is 0.680. The number of urea groups is 1. The van der Waals surface area contributed by atoms with Crippen molar-refractivity contribution in [2.24, 2.45) is 11.8 Å². The zero-order valence-corrected chi connectivity index (χ0v) is 22.4. The number of nitrogens with zero attached hydrogens (tertiary/aromatic N) is 3. The van der Waals surface area contributed by atoms with Gasteiger partial charge in [0.15, 0.2) is 0 Å². The summed E-state index contributed by atoms with van der Waals surface area (Å²) in [7, 11) is -1.56. The van der Waals surface area contributed by atoms with Crippen molar-refractivity contribution in [3.63, 3.8) is 0 Å². The van der Waals surface area contributed by atoms with Gasteiger partial charge in [0, 0.05) is 43.9 Å². The van der Waals surface area contributed by atoms with E-state index in [0.717, 1.165) is 19.3 Å². The molecular formula is C25H35ClN4O5S. The smallest absolute Gasteiger partial charge is 0.331 e. The van der Waals surface area contributed by atoms with Crippen LogP contribution in [0.15, 0.2) is 24.3 Å². The second kappa shape index (κ2) is 10.2. The first-order chi connectivity index (χ1) is 17.3. The number of carbonyl (C=O) groups excluding carboxylic acids is 2. The van der Waals surface area contributed by atoms with Gasteiger partial charge in [-0.1, -0.05) is 24.1 Å². The number of nitrogens with one attached hydrogen (secondary N) is 1. The Morgan fingerprint density at radius 3 is 2.56 bits per heavy atom. The van der Waals surface area contributed by atoms with Gasteiger partial charge < -0.3 is 15.0 Å². The van der Waals surface area contributed by atoms with E-state index in [9.17, 15) is 18.0 Å². The van der Waals surface area contributed by atoms with Gasteiger partial charge in [0.05, 0.1) is 29.5 Å². The maximum absolute atomic E-state index is 14.2. The highest BCUT2D eigenvalue weighted by Gasteiger charge is 2.57. The van der Waals surface area contributed by atoms with Crippen molar-refractivity contribution in [2.75, 3.05) is 37.4 Å². The Hall–Kier alpha value is -1.72. The third-order valence-electron chi connectivity index (χ3n) is 8.53. The summed E-state index contributed by atoms with van der Waals surface area (Å²) in [6.45, 7) is 2.87. The van der Waals surface area contributed by atoms with Crippen molar-refractivity contribution in [3.05, 3.63) is 29.3 Å². The number of piperidine rings is 2. The zero-order chi connectivity index (χ0) is 25.6. The molecule has 0 aromatic heterocycles. The molecule has 3 amide bonds. The predicted molar refractivity (Wildman–Crippen MR) is 137 cm³/mol. The van der Waals surface area contributed by atoms with E-state index >= 15 is 0 Å². The minimum absolute atomic E-state index is 0.0410. The van der Waals surface area contributed by atoms with Crippen LogP contribution in [-0.4, -0.2) is 86.3 Å². The third kappa shape index (κ3) is 4.45. The highest BCUT2D eigenvalue weighted by molar-refractivity contribution is 7.89. The lowest BCUT2D eigenvalue weighted by Crippen LogP contribution is -2.74. The highest BCUT2D eigenvalue weighted by atomic mass is 35.5. The van der Waals surface area contributed by atoms with Gasteiger partial charge in [-0.3, -0.25) is 4.79 Å². The van der Waals surface area contributed by atoms with Gasteiger partial charge >= 0.3 is 6.03 Å². The molecular weight excluding hydrogens is 504 g/mol. The summed E-state index contributed by atoms with van der Waals surface area (Å²) < 4.78 is 32.2. The molecule has 0 bridgehead atoms. The molecule has 5 atom stereocenters. The van der Waals surface area contributed by atoms with E-state index in [0.29, 0.717) is 43.2 Å². The Kier molecular flexibility index (Phi) is 7.35. The van der Waals surface area contributed by atoms with Crippen LogP contribution in [0.1, 0.15) is 39.0 Å². The summed E-state index contributed by atoms with van der Waals surface area (Å²) in [6, 6.07) is 6.18. The minimum atomic E-state index is -3.29. The molecule has 11 heteroatoms. The number of halogens is 1. The van der Waals surface area contributed by atoms with Crippen molar-refractivity contribution in [1.29, 1.82) is 0 Å². The standard InChI is InChI=1S/C25H35ClN4O5S/c1-3-36(33,34)28-12-10-17(11-13-28)29-23-19-8-5-9-21(35-2)22(19)27-15-20(23)24(31)30(25(29)32)18-7-4-6-16(26)14-18/h4,6-7,14,17,19-23,27H,3,5,8-13,15H2,1-2H3. The largest absolute Gasteiger partial charge is 0.380 e. The van der Waals surface area contributed by atoms with Crippen LogP contribution in [0.2, 0.25) is 5.02 Å². The first kappa shape index (κ1) is 25.9. The molecule has 1 aromatic rings. The zero-order valence-electron chi connectivity index (χ0n) is 20.8. The summed E-state index contributed by atoms with van der Waals surface area (Å²) in [5.74, 6) is -0.444. The number of hydrogen-bond acceptors (Lipinski definition) is 6. The topological polar surface area (TPSA) is 99.3 Å². The van der Waals surface area contributed by atoms with Crippen LogP contribution in [0.25, 0.3) is 0 Å². The molecule has 3 heterocycles. The van der Waals surface area contributed by atoms with Crippen LogP contribution in [0.3, 0.4) is 0 Å². The molecule has 4 fully saturated rings. The minimum Gasteiger partial charge on any atom is -0.380 e. The van der Waals surface area contributed by atoms with Crippen LogP contribution < -0.4 is 10.2 Å². The van der Waals surface area contributed by atoms with Crippen molar-refractivity contribution >= 4 is 39.2 Å². The van der Waals surface area contributed by atoms with E-state index in [4.69, 9.17) is 16.3 Å². The Bertz CT molecular complexity index is 1110. The van der Waals surface area contributed by atoms with Crippen LogP contribution in [-0.2, 0) is 19.6 Å². The number of rotatable bonds is 5. The number of benzene rings is 1. The average molecular weight is 539 g/mol. The Balaban J connectivity index is 1.51. The summed E-state index contributed by atoms with van der Waals surface area (Å²) in [5, 5.41) is 4.04. The number of methoxy groups -OCH3 is 1. The van der Waals surface area contributed by atoms with Gasteiger partial charge in [-0.15, -0.1) is 0 Å². The monoisotopic (exact) mass is 538 g/mol. The summed E-state index contributed by atoms with van der Waals surface area (Å²) in [5.41, 5.74) is 0.465. The van der Waals surface area contributed by atoms with Gasteiger partial charge in [0.25, 0.3) is 0 Å². The van der Waals surface area contributed by atoms with Crippen LogP contribution in [0.4, 0.5) is 10.5 Å². The molecule has 9 nitrogen and oxygen atoms in total. The Morgan fingerprint density at radius 2 is 1.89 bits per heavy atom. The fourth-order valence-corrected chi connectivity index (χ4v) is 8.09. The van der Waals surface area contributed by atoms with E-state index in [1.54, 1.807) is 38.3 Å². The van der Waals surface area contributed by atoms with Crippen LogP contribution in [0, 0.1) is 11.8 Å². The van der Waals surface area contributed by atoms with Crippen molar-refractivity contribution in [1.82, 2.24) is 14.5 Å². The van der Waals surface area contributed by atoms with Crippen molar-refractivity contribution in [2.45, 2.75) is 63.3 Å². The van der Waals surface area contributed by atoms with E-state index in [1.807, 2.05) is 4.90 Å². The number of amides is 3. The van der Waals surface area contributed by atoms with Gasteiger partial charge in [0.2, 0.25) is 15.9 Å². The highest BCUT2D eigenvalue weighted by Crippen LogP contribution is 2.43. The van der Waals surface area contributed by atoms with E-state index in [-0.39, 0.29) is 47.8 Å². The van der Waals surface area contributed by atoms with Crippen molar-refractivity contribution in [3.8, 4) is 0 Å². The lowest BCUT2D eigenvalue weighted by atomic mass is 9.69. The lowest BCUT2D eigenvalue weighted by Gasteiger charge is -2.57. The lowest BCUT2D eigenvalue weighted by molar-refractivity contribution is -0.132. The van der Waals surface area contributed by atoms with E-state index in [2.05, 4.69) is 5.32 Å². The molecule has 5 unspecified atom stereocenters. The second-order valence-electron chi connectivity index (χ2n) is 10.3. The first-order valence-electron chi connectivity index (χ1n) is 12.9. The first-order valence-corrected chi connectivity index (χ1v) is 14.9. The maximum Gasteiger partial charge on any atom is 0.331 e. The Labute approximate surface area is 218 Å². The van der Waals surface area contributed by atoms with Gasteiger partial charge in [-0.2, -0.15) is 0 Å². The molecule has 3 aliphatic heterocycles. The molecule has 0 spiro atoms. The number of carbonyl (C=O) groups is 2. The summed E-state index contributed by atoms with van der Waals surface area (Å²) in [4.78, 5) is 31.2.